The van der Waals surface area contributed by atoms with Crippen LogP contribution in [0.3, 0.4) is 0 Å². The number of nitrogens with one attached hydrogen (secondary N) is 2. The number of amides is 2. The molecule has 0 aromatic heterocycles. The van der Waals surface area contributed by atoms with E-state index in [-0.39, 0.29) is 47.7 Å². The topological polar surface area (TPSA) is 67.9 Å². The van der Waals surface area contributed by atoms with Gasteiger partial charge in [-0.05, 0) is 76.4 Å². The summed E-state index contributed by atoms with van der Waals surface area (Å²) >= 11 is 0. The summed E-state index contributed by atoms with van der Waals surface area (Å²) in [5.74, 6) is -0.0784. The van der Waals surface area contributed by atoms with Gasteiger partial charge in [-0.25, -0.2) is 9.40 Å². The molecule has 4 aliphatic rings. The highest BCUT2D eigenvalue weighted by Crippen LogP contribution is 2.38. The summed E-state index contributed by atoms with van der Waals surface area (Å²) in [5.41, 5.74) is 4.35. The van der Waals surface area contributed by atoms with Crippen molar-refractivity contribution in [3.63, 3.8) is 0 Å². The van der Waals surface area contributed by atoms with Crippen molar-refractivity contribution in [3.05, 3.63) is 35.6 Å². The fourth-order valence-electron chi connectivity index (χ4n) is 6.01. The van der Waals surface area contributed by atoms with Gasteiger partial charge in [0.05, 0.1) is 0 Å². The van der Waals surface area contributed by atoms with Gasteiger partial charge in [0, 0.05) is 37.1 Å². The van der Waals surface area contributed by atoms with E-state index in [1.54, 1.807) is 12.1 Å². The second-order valence-corrected chi connectivity index (χ2v) is 9.94. The molecule has 5 rings (SSSR count). The van der Waals surface area contributed by atoms with E-state index in [9.17, 15) is 14.0 Å². The predicted octanol–water partition coefficient (Wildman–Crippen LogP) is 1.49. The van der Waals surface area contributed by atoms with Gasteiger partial charge in [-0.3, -0.25) is 15.0 Å². The Morgan fingerprint density at radius 2 is 1.84 bits per heavy atom. The Bertz CT molecular complexity index is 841. The number of piperidine rings is 1. The number of hydrogen-bond acceptors (Lipinski definition) is 5. The second-order valence-electron chi connectivity index (χ2n) is 9.94. The molecule has 0 spiro atoms. The normalized spacial score (nSPS) is 31.9. The predicted molar refractivity (Wildman–Crippen MR) is 119 cm³/mol. The van der Waals surface area contributed by atoms with Crippen LogP contribution in [-0.4, -0.2) is 77.5 Å². The second kappa shape index (κ2) is 9.08. The number of carbonyl (C=O) groups is 2. The summed E-state index contributed by atoms with van der Waals surface area (Å²) in [4.78, 5) is 30.8. The van der Waals surface area contributed by atoms with Crippen molar-refractivity contribution < 1.29 is 14.0 Å². The molecule has 3 saturated heterocycles. The first kappa shape index (κ1) is 21.8. The molecule has 32 heavy (non-hydrogen) atoms. The fourth-order valence-corrected chi connectivity index (χ4v) is 6.01. The zero-order chi connectivity index (χ0) is 22.2. The molecular weight excluding hydrogens is 409 g/mol. The van der Waals surface area contributed by atoms with Gasteiger partial charge < -0.3 is 15.1 Å². The Balaban J connectivity index is 1.31. The van der Waals surface area contributed by atoms with Gasteiger partial charge in [0.15, 0.2) is 0 Å². The van der Waals surface area contributed by atoms with Crippen molar-refractivity contribution in [2.45, 2.75) is 69.2 Å². The van der Waals surface area contributed by atoms with Gasteiger partial charge in [0.1, 0.15) is 11.9 Å². The number of nitrogens with zero attached hydrogens (tertiary/aromatic N) is 3. The van der Waals surface area contributed by atoms with E-state index in [0.717, 1.165) is 57.3 Å². The minimum atomic E-state index is -0.272. The van der Waals surface area contributed by atoms with Crippen LogP contribution >= 0.6 is 0 Å². The highest BCUT2D eigenvalue weighted by molar-refractivity contribution is 5.84. The van der Waals surface area contributed by atoms with E-state index < -0.39 is 0 Å². The molecule has 1 saturated carbocycles. The maximum atomic E-state index is 13.4. The molecule has 1 aromatic carbocycles. The molecule has 3 heterocycles. The lowest BCUT2D eigenvalue weighted by molar-refractivity contribution is -0.157. The highest BCUT2D eigenvalue weighted by Gasteiger charge is 2.51. The molecule has 1 aliphatic carbocycles. The zero-order valence-corrected chi connectivity index (χ0v) is 18.8. The van der Waals surface area contributed by atoms with Crippen molar-refractivity contribution in [1.82, 2.24) is 25.6 Å². The van der Waals surface area contributed by atoms with E-state index in [4.69, 9.17) is 0 Å². The first-order valence-corrected chi connectivity index (χ1v) is 12.1. The Labute approximate surface area is 189 Å². The summed E-state index contributed by atoms with van der Waals surface area (Å²) in [6.07, 6.45) is 5.23. The van der Waals surface area contributed by atoms with Crippen LogP contribution in [0.5, 0.6) is 0 Å². The number of fused-ring (bicyclic) bond motifs is 3. The minimum Gasteiger partial charge on any atom is -0.353 e. The number of hydrogen-bond donors (Lipinski definition) is 2. The lowest BCUT2D eigenvalue weighted by Crippen LogP contribution is -2.68. The number of piperazine rings is 1. The van der Waals surface area contributed by atoms with E-state index in [1.165, 1.54) is 12.1 Å². The fraction of sp³-hybridized carbons (Fsp3) is 0.667. The maximum Gasteiger partial charge on any atom is 0.242 e. The van der Waals surface area contributed by atoms with Gasteiger partial charge in [0.25, 0.3) is 0 Å². The largest absolute Gasteiger partial charge is 0.353 e. The van der Waals surface area contributed by atoms with Crippen molar-refractivity contribution in [2.24, 2.45) is 5.92 Å². The third kappa shape index (κ3) is 4.28. The summed E-state index contributed by atoms with van der Waals surface area (Å²) in [5, 5.41) is 5.46. The Morgan fingerprint density at radius 3 is 2.59 bits per heavy atom. The molecule has 8 heteroatoms. The molecule has 0 radical (unpaired) electrons. The van der Waals surface area contributed by atoms with Gasteiger partial charge in [-0.15, -0.1) is 0 Å². The number of benzene rings is 1. The molecule has 7 nitrogen and oxygen atoms in total. The number of likely N-dealkylation sites (tertiary alicyclic amines) is 1. The van der Waals surface area contributed by atoms with E-state index in [2.05, 4.69) is 27.7 Å². The maximum absolute atomic E-state index is 13.4. The molecule has 1 aromatic rings. The van der Waals surface area contributed by atoms with Crippen LogP contribution in [0.4, 0.5) is 4.39 Å². The Kier molecular flexibility index (Phi) is 6.18. The lowest BCUT2D eigenvalue weighted by atomic mass is 9.78. The van der Waals surface area contributed by atoms with Crippen molar-refractivity contribution in [1.29, 1.82) is 0 Å². The van der Waals surface area contributed by atoms with Gasteiger partial charge in [-0.2, -0.15) is 0 Å². The van der Waals surface area contributed by atoms with Crippen LogP contribution in [0.25, 0.3) is 0 Å². The number of hydrazine groups is 1. The molecule has 2 N–H and O–H groups in total. The summed E-state index contributed by atoms with van der Waals surface area (Å²) in [7, 11) is 2.12. The van der Waals surface area contributed by atoms with E-state index in [1.807, 2.05) is 4.90 Å². The molecular formula is C24H34FN5O2. The molecule has 3 aliphatic heterocycles. The van der Waals surface area contributed by atoms with Crippen LogP contribution in [0.1, 0.15) is 44.1 Å². The van der Waals surface area contributed by atoms with E-state index >= 15 is 0 Å². The van der Waals surface area contributed by atoms with Crippen LogP contribution in [0, 0.1) is 11.7 Å². The van der Waals surface area contributed by atoms with Gasteiger partial charge in [0.2, 0.25) is 11.8 Å². The number of halogens is 1. The van der Waals surface area contributed by atoms with Crippen LogP contribution in [0.2, 0.25) is 0 Å². The van der Waals surface area contributed by atoms with Gasteiger partial charge >= 0.3 is 0 Å². The van der Waals surface area contributed by atoms with Crippen molar-refractivity contribution in [3.8, 4) is 0 Å². The average Bonchev–Trinajstić information content (AvgIpc) is 3.29. The Morgan fingerprint density at radius 1 is 1.09 bits per heavy atom. The summed E-state index contributed by atoms with van der Waals surface area (Å²) in [6.45, 7) is 3.31. The Hall–Kier alpha value is -2.03. The van der Waals surface area contributed by atoms with Crippen LogP contribution < -0.4 is 10.7 Å². The molecule has 4 atom stereocenters. The summed E-state index contributed by atoms with van der Waals surface area (Å²) < 4.78 is 13.4. The monoisotopic (exact) mass is 443 g/mol. The number of rotatable bonds is 4. The van der Waals surface area contributed by atoms with Crippen molar-refractivity contribution in [2.75, 3.05) is 26.7 Å². The average molecular weight is 444 g/mol. The quantitative estimate of drug-likeness (QED) is 0.738. The van der Waals surface area contributed by atoms with Gasteiger partial charge in [-0.1, -0.05) is 12.1 Å². The SMILES string of the molecule is CN1CCC(NC(=O)C2CCC3C(C2)N(Cc2ccc(F)cc2)C(=O)C2CCNN23)CC1. The molecule has 0 bridgehead atoms. The van der Waals surface area contributed by atoms with E-state index in [0.29, 0.717) is 13.0 Å². The highest BCUT2D eigenvalue weighted by atomic mass is 19.1. The van der Waals surface area contributed by atoms with Crippen LogP contribution in [0.15, 0.2) is 24.3 Å². The molecule has 4 unspecified atom stereocenters. The smallest absolute Gasteiger partial charge is 0.242 e. The molecule has 4 fully saturated rings. The third-order valence-electron chi connectivity index (χ3n) is 7.86. The standard InChI is InChI=1S/C24H34FN5O2/c1-28-12-9-19(10-13-28)27-23(31)17-4-7-20-22(14-17)29(15-16-2-5-18(25)6-3-16)24(32)21-8-11-26-30(20)21/h2-3,5-6,17,19-22,26H,4,7-15H2,1H3,(H,27,31). The first-order valence-electron chi connectivity index (χ1n) is 12.1. The summed E-state index contributed by atoms with van der Waals surface area (Å²) in [6, 6.07) is 6.72. The molecule has 174 valence electrons. The van der Waals surface area contributed by atoms with Crippen molar-refractivity contribution >= 4 is 11.8 Å². The first-order chi connectivity index (χ1) is 15.5. The zero-order valence-electron chi connectivity index (χ0n) is 18.8. The third-order valence-corrected chi connectivity index (χ3v) is 7.86. The lowest BCUT2D eigenvalue weighted by Gasteiger charge is -2.52. The van der Waals surface area contributed by atoms with Crippen LogP contribution in [-0.2, 0) is 16.1 Å². The number of carbonyl (C=O) groups excluding carboxylic acids is 2. The molecule has 2 amide bonds. The minimum absolute atomic E-state index is 0.0172.